The van der Waals surface area contributed by atoms with Crippen molar-refractivity contribution in [1.82, 2.24) is 5.43 Å². The van der Waals surface area contributed by atoms with Crippen LogP contribution in [0.1, 0.15) is 13.3 Å². The Labute approximate surface area is 61.9 Å². The summed E-state index contributed by atoms with van der Waals surface area (Å²) < 4.78 is 5.00. The molecule has 0 saturated heterocycles. The maximum absolute atomic E-state index is 5.33. The van der Waals surface area contributed by atoms with Crippen molar-refractivity contribution in [3.63, 3.8) is 0 Å². The van der Waals surface area contributed by atoms with Gasteiger partial charge in [-0.25, -0.2) is 0 Å². The zero-order valence-corrected chi connectivity index (χ0v) is 6.63. The van der Waals surface area contributed by atoms with Crippen LogP contribution in [0.5, 0.6) is 0 Å². The summed E-state index contributed by atoms with van der Waals surface area (Å²) in [5.41, 5.74) is 2.77. The van der Waals surface area contributed by atoms with Gasteiger partial charge in [-0.3, -0.25) is 11.3 Å². The second-order valence-electron chi connectivity index (χ2n) is 3.11. The van der Waals surface area contributed by atoms with Crippen LogP contribution in [0.15, 0.2) is 0 Å². The van der Waals surface area contributed by atoms with Gasteiger partial charge in [0.25, 0.3) is 0 Å². The molecule has 60 valence electrons. The van der Waals surface area contributed by atoms with Gasteiger partial charge in [0.05, 0.1) is 6.61 Å². The number of hydrogen-bond donors (Lipinski definition) is 2. The molecule has 0 bridgehead atoms. The maximum atomic E-state index is 5.33. The molecule has 1 aliphatic carbocycles. The minimum absolute atomic E-state index is 0.361. The van der Waals surface area contributed by atoms with Crippen molar-refractivity contribution in [2.24, 2.45) is 17.7 Å². The average Bonchev–Trinajstić information content (AvgIpc) is 2.62. The lowest BCUT2D eigenvalue weighted by Crippen LogP contribution is -2.40. The SMILES string of the molecule is COCC(NN)C1CC1C. The van der Waals surface area contributed by atoms with E-state index in [1.54, 1.807) is 7.11 Å². The van der Waals surface area contributed by atoms with Gasteiger partial charge < -0.3 is 4.74 Å². The van der Waals surface area contributed by atoms with Crippen LogP contribution in [0.4, 0.5) is 0 Å². The molecule has 0 spiro atoms. The molecule has 3 N–H and O–H groups in total. The van der Waals surface area contributed by atoms with Gasteiger partial charge in [-0.1, -0.05) is 6.92 Å². The molecule has 10 heavy (non-hydrogen) atoms. The van der Waals surface area contributed by atoms with Crippen molar-refractivity contribution in [3.8, 4) is 0 Å². The van der Waals surface area contributed by atoms with Crippen LogP contribution >= 0.6 is 0 Å². The Morgan fingerprint density at radius 2 is 2.40 bits per heavy atom. The zero-order valence-electron chi connectivity index (χ0n) is 6.63. The number of hydrogen-bond acceptors (Lipinski definition) is 3. The van der Waals surface area contributed by atoms with Crippen molar-refractivity contribution in [3.05, 3.63) is 0 Å². The van der Waals surface area contributed by atoms with E-state index in [0.717, 1.165) is 18.4 Å². The highest BCUT2D eigenvalue weighted by Gasteiger charge is 2.38. The first-order valence-corrected chi connectivity index (χ1v) is 3.74. The van der Waals surface area contributed by atoms with Crippen LogP contribution < -0.4 is 11.3 Å². The van der Waals surface area contributed by atoms with Crippen LogP contribution in [0.2, 0.25) is 0 Å². The van der Waals surface area contributed by atoms with E-state index in [-0.39, 0.29) is 0 Å². The molecule has 3 nitrogen and oxygen atoms in total. The molecule has 3 atom stereocenters. The van der Waals surface area contributed by atoms with Gasteiger partial charge in [0.2, 0.25) is 0 Å². The first-order valence-electron chi connectivity index (χ1n) is 3.74. The Kier molecular flexibility index (Phi) is 2.65. The summed E-state index contributed by atoms with van der Waals surface area (Å²) in [6.45, 7) is 2.97. The molecule has 0 aromatic carbocycles. The van der Waals surface area contributed by atoms with E-state index in [1.165, 1.54) is 6.42 Å². The normalized spacial score (nSPS) is 33.9. The molecular formula is C7H16N2O. The highest BCUT2D eigenvalue weighted by molar-refractivity contribution is 4.91. The van der Waals surface area contributed by atoms with Crippen LogP contribution in [0.3, 0.4) is 0 Å². The van der Waals surface area contributed by atoms with Crippen LogP contribution in [0.25, 0.3) is 0 Å². The van der Waals surface area contributed by atoms with Gasteiger partial charge in [0, 0.05) is 13.2 Å². The van der Waals surface area contributed by atoms with Crippen LogP contribution in [0, 0.1) is 11.8 Å². The maximum Gasteiger partial charge on any atom is 0.0632 e. The Hall–Kier alpha value is -0.120. The summed E-state index contributed by atoms with van der Waals surface area (Å²) in [5, 5.41) is 0. The van der Waals surface area contributed by atoms with E-state index in [9.17, 15) is 0 Å². The van der Waals surface area contributed by atoms with Gasteiger partial charge in [0.1, 0.15) is 0 Å². The fourth-order valence-electron chi connectivity index (χ4n) is 1.39. The molecular weight excluding hydrogens is 128 g/mol. The number of nitrogens with one attached hydrogen (secondary N) is 1. The molecule has 0 heterocycles. The fraction of sp³-hybridized carbons (Fsp3) is 1.00. The Bertz CT molecular complexity index is 108. The average molecular weight is 144 g/mol. The molecule has 0 aliphatic heterocycles. The summed E-state index contributed by atoms with van der Waals surface area (Å²) in [6, 6.07) is 0.361. The second-order valence-corrected chi connectivity index (χ2v) is 3.11. The molecule has 0 aromatic heterocycles. The third kappa shape index (κ3) is 1.68. The third-order valence-electron chi connectivity index (χ3n) is 2.25. The molecule has 3 heteroatoms. The molecule has 1 aliphatic rings. The van der Waals surface area contributed by atoms with Gasteiger partial charge in [0.15, 0.2) is 0 Å². The summed E-state index contributed by atoms with van der Waals surface area (Å²) in [7, 11) is 1.71. The Balaban J connectivity index is 2.20. The number of nitrogens with two attached hydrogens (primary N) is 1. The smallest absolute Gasteiger partial charge is 0.0632 e. The van der Waals surface area contributed by atoms with Crippen LogP contribution in [-0.2, 0) is 4.74 Å². The molecule has 0 radical (unpaired) electrons. The predicted octanol–water partition coefficient (Wildman–Crippen LogP) is 0.121. The summed E-state index contributed by atoms with van der Waals surface area (Å²) in [4.78, 5) is 0. The third-order valence-corrected chi connectivity index (χ3v) is 2.25. The minimum Gasteiger partial charge on any atom is -0.383 e. The summed E-state index contributed by atoms with van der Waals surface area (Å²) in [6.07, 6.45) is 1.29. The van der Waals surface area contributed by atoms with E-state index in [0.29, 0.717) is 6.04 Å². The highest BCUT2D eigenvalue weighted by Crippen LogP contribution is 2.40. The quantitative estimate of drug-likeness (QED) is 0.435. The van der Waals surface area contributed by atoms with Crippen molar-refractivity contribution >= 4 is 0 Å². The molecule has 1 rings (SSSR count). The molecule has 1 fully saturated rings. The van der Waals surface area contributed by atoms with Gasteiger partial charge in [-0.05, 0) is 18.3 Å². The summed E-state index contributed by atoms with van der Waals surface area (Å²) >= 11 is 0. The monoisotopic (exact) mass is 144 g/mol. The molecule has 1 saturated carbocycles. The largest absolute Gasteiger partial charge is 0.383 e. The van der Waals surface area contributed by atoms with Crippen molar-refractivity contribution in [2.45, 2.75) is 19.4 Å². The first-order chi connectivity index (χ1) is 4.79. The zero-order chi connectivity index (χ0) is 7.56. The van der Waals surface area contributed by atoms with Crippen molar-refractivity contribution in [2.75, 3.05) is 13.7 Å². The van der Waals surface area contributed by atoms with Gasteiger partial charge in [-0.15, -0.1) is 0 Å². The Morgan fingerprint density at radius 3 is 2.70 bits per heavy atom. The lowest BCUT2D eigenvalue weighted by molar-refractivity contribution is 0.156. The molecule has 0 amide bonds. The fourth-order valence-corrected chi connectivity index (χ4v) is 1.39. The second kappa shape index (κ2) is 3.32. The van der Waals surface area contributed by atoms with Crippen molar-refractivity contribution in [1.29, 1.82) is 0 Å². The lowest BCUT2D eigenvalue weighted by atomic mass is 10.2. The predicted molar refractivity (Wildman–Crippen MR) is 40.3 cm³/mol. The topological polar surface area (TPSA) is 47.3 Å². The van der Waals surface area contributed by atoms with E-state index in [4.69, 9.17) is 10.6 Å². The first kappa shape index (κ1) is 7.98. The Morgan fingerprint density at radius 1 is 1.80 bits per heavy atom. The number of methoxy groups -OCH3 is 1. The van der Waals surface area contributed by atoms with E-state index in [2.05, 4.69) is 12.3 Å². The number of rotatable bonds is 4. The van der Waals surface area contributed by atoms with E-state index < -0.39 is 0 Å². The van der Waals surface area contributed by atoms with Gasteiger partial charge in [-0.2, -0.15) is 0 Å². The van der Waals surface area contributed by atoms with Crippen LogP contribution in [-0.4, -0.2) is 19.8 Å². The minimum atomic E-state index is 0.361. The number of hydrazine groups is 1. The van der Waals surface area contributed by atoms with E-state index >= 15 is 0 Å². The molecule has 3 unspecified atom stereocenters. The molecule has 0 aromatic rings. The lowest BCUT2D eigenvalue weighted by Gasteiger charge is -2.13. The van der Waals surface area contributed by atoms with Gasteiger partial charge >= 0.3 is 0 Å². The van der Waals surface area contributed by atoms with Crippen molar-refractivity contribution < 1.29 is 4.74 Å². The standard InChI is InChI=1S/C7H16N2O/c1-5-3-6(5)7(9-8)4-10-2/h5-7,9H,3-4,8H2,1-2H3. The summed E-state index contributed by atoms with van der Waals surface area (Å²) in [5.74, 6) is 6.90. The van der Waals surface area contributed by atoms with E-state index in [1.807, 2.05) is 0 Å². The highest BCUT2D eigenvalue weighted by atomic mass is 16.5. The number of ether oxygens (including phenoxy) is 1.